The molecule has 0 spiro atoms. The van der Waals surface area contributed by atoms with Crippen LogP contribution in [0.25, 0.3) is 32.7 Å². The molecule has 0 heterocycles. The van der Waals surface area contributed by atoms with Crippen LogP contribution in [0.4, 0.5) is 0 Å². The largest absolute Gasteiger partial charge is 0.507 e. The van der Waals surface area contributed by atoms with Crippen LogP contribution < -0.4 is 0 Å². The summed E-state index contributed by atoms with van der Waals surface area (Å²) >= 11 is 0. The lowest BCUT2D eigenvalue weighted by Gasteiger charge is -2.36. The van der Waals surface area contributed by atoms with Crippen molar-refractivity contribution in [1.29, 1.82) is 0 Å². The second-order valence-corrected chi connectivity index (χ2v) is 9.70. The topological polar surface area (TPSA) is 40.5 Å². The summed E-state index contributed by atoms with van der Waals surface area (Å²) in [5, 5.41) is 25.4. The zero-order valence-corrected chi connectivity index (χ0v) is 19.9. The minimum Gasteiger partial charge on any atom is -0.507 e. The molecule has 0 aliphatic heterocycles. The first-order chi connectivity index (χ1) is 17.6. The zero-order valence-electron chi connectivity index (χ0n) is 19.9. The fourth-order valence-corrected chi connectivity index (χ4v) is 6.34. The van der Waals surface area contributed by atoms with Gasteiger partial charge in [0.15, 0.2) is 0 Å². The molecule has 0 unspecified atom stereocenters. The lowest BCUT2D eigenvalue weighted by Crippen LogP contribution is -2.29. The molecule has 2 nitrogen and oxygen atoms in total. The third-order valence-corrected chi connectivity index (χ3v) is 7.81. The SMILES string of the molecule is Cc1ccc2c(C3(c4ccc(O)c5ccccc45)c4ccccc4-c4ccccc43)ccc(O)c2c1. The van der Waals surface area contributed by atoms with Crippen molar-refractivity contribution in [2.24, 2.45) is 0 Å². The Bertz CT molecular complexity index is 1780. The fraction of sp³-hybridized carbons (Fsp3) is 0.0588. The molecule has 0 fully saturated rings. The molecule has 0 atom stereocenters. The molecule has 0 bridgehead atoms. The molecule has 2 N–H and O–H groups in total. The molecule has 172 valence electrons. The van der Waals surface area contributed by atoms with Crippen molar-refractivity contribution in [3.8, 4) is 22.6 Å². The molecule has 6 aromatic rings. The van der Waals surface area contributed by atoms with Gasteiger partial charge in [-0.3, -0.25) is 0 Å². The molecule has 2 heteroatoms. The van der Waals surface area contributed by atoms with Crippen LogP contribution in [-0.4, -0.2) is 10.2 Å². The van der Waals surface area contributed by atoms with Crippen molar-refractivity contribution < 1.29 is 10.2 Å². The van der Waals surface area contributed by atoms with Gasteiger partial charge in [0.05, 0.1) is 5.41 Å². The van der Waals surface area contributed by atoms with E-state index in [9.17, 15) is 10.2 Å². The first-order valence-corrected chi connectivity index (χ1v) is 12.2. The van der Waals surface area contributed by atoms with E-state index in [4.69, 9.17) is 0 Å². The Labute approximate surface area is 209 Å². The summed E-state index contributed by atoms with van der Waals surface area (Å²) in [6, 6.07) is 39.4. The Morgan fingerprint density at radius 2 is 0.944 bits per heavy atom. The van der Waals surface area contributed by atoms with Crippen LogP contribution >= 0.6 is 0 Å². The van der Waals surface area contributed by atoms with E-state index in [1.165, 1.54) is 22.3 Å². The normalized spacial score (nSPS) is 13.6. The van der Waals surface area contributed by atoms with Crippen LogP contribution in [0.15, 0.2) is 115 Å². The summed E-state index contributed by atoms with van der Waals surface area (Å²) in [7, 11) is 0. The van der Waals surface area contributed by atoms with Gasteiger partial charge in [-0.2, -0.15) is 0 Å². The fourth-order valence-electron chi connectivity index (χ4n) is 6.34. The van der Waals surface area contributed by atoms with E-state index in [2.05, 4.69) is 91.9 Å². The highest BCUT2D eigenvalue weighted by molar-refractivity contribution is 6.01. The van der Waals surface area contributed by atoms with E-state index in [1.807, 2.05) is 30.3 Å². The quantitative estimate of drug-likeness (QED) is 0.271. The second kappa shape index (κ2) is 7.47. The van der Waals surface area contributed by atoms with E-state index in [0.717, 1.165) is 38.2 Å². The van der Waals surface area contributed by atoms with Gasteiger partial charge in [0.25, 0.3) is 0 Å². The van der Waals surface area contributed by atoms with Crippen molar-refractivity contribution in [3.63, 3.8) is 0 Å². The Balaban J connectivity index is 1.75. The van der Waals surface area contributed by atoms with Crippen LogP contribution in [0.3, 0.4) is 0 Å². The van der Waals surface area contributed by atoms with Gasteiger partial charge in [-0.05, 0) is 69.3 Å². The van der Waals surface area contributed by atoms with Gasteiger partial charge < -0.3 is 10.2 Å². The molecule has 0 radical (unpaired) electrons. The molecule has 36 heavy (non-hydrogen) atoms. The number of aryl methyl sites for hydroxylation is 1. The van der Waals surface area contributed by atoms with Gasteiger partial charge in [-0.1, -0.05) is 103 Å². The first-order valence-electron chi connectivity index (χ1n) is 12.2. The summed E-state index contributed by atoms with van der Waals surface area (Å²) < 4.78 is 0. The number of rotatable bonds is 2. The first kappa shape index (κ1) is 20.8. The number of hydrogen-bond acceptors (Lipinski definition) is 2. The number of fused-ring (bicyclic) bond motifs is 5. The third kappa shape index (κ3) is 2.61. The molecule has 0 saturated heterocycles. The highest BCUT2D eigenvalue weighted by atomic mass is 16.3. The van der Waals surface area contributed by atoms with Gasteiger partial charge in [0.1, 0.15) is 11.5 Å². The monoisotopic (exact) mass is 464 g/mol. The summed E-state index contributed by atoms with van der Waals surface area (Å²) in [5.41, 5.74) is 7.51. The molecule has 1 aliphatic rings. The standard InChI is InChI=1S/C34H24O2/c1-21-14-15-25-27(20-21)33(36)19-17-31(25)34(30-16-18-32(35)26-11-3-2-10-24(26)30)28-12-6-4-8-22(28)23-9-5-7-13-29(23)34/h2-20,35-36H,1H3. The Kier molecular flexibility index (Phi) is 4.31. The summed E-state index contributed by atoms with van der Waals surface area (Å²) in [4.78, 5) is 0. The number of benzene rings is 6. The number of phenolic OH excluding ortho intramolecular Hbond substituents is 2. The van der Waals surface area contributed by atoms with Crippen LogP contribution in [0.5, 0.6) is 11.5 Å². The number of aromatic hydroxyl groups is 2. The van der Waals surface area contributed by atoms with Gasteiger partial charge in [-0.25, -0.2) is 0 Å². The predicted octanol–water partition coefficient (Wildman–Crippen LogP) is 8.08. The van der Waals surface area contributed by atoms with Crippen molar-refractivity contribution in [2.45, 2.75) is 12.3 Å². The molecule has 6 aromatic carbocycles. The van der Waals surface area contributed by atoms with Gasteiger partial charge in [-0.15, -0.1) is 0 Å². The van der Waals surface area contributed by atoms with E-state index >= 15 is 0 Å². The Hall–Kier alpha value is -4.56. The molecule has 7 rings (SSSR count). The predicted molar refractivity (Wildman–Crippen MR) is 147 cm³/mol. The zero-order chi connectivity index (χ0) is 24.4. The highest BCUT2D eigenvalue weighted by Gasteiger charge is 2.47. The van der Waals surface area contributed by atoms with Gasteiger partial charge in [0, 0.05) is 10.8 Å². The van der Waals surface area contributed by atoms with Crippen LogP contribution in [0.2, 0.25) is 0 Å². The van der Waals surface area contributed by atoms with E-state index in [0.29, 0.717) is 0 Å². The maximum Gasteiger partial charge on any atom is 0.123 e. The number of phenols is 2. The van der Waals surface area contributed by atoms with Crippen LogP contribution in [0.1, 0.15) is 27.8 Å². The maximum absolute atomic E-state index is 10.9. The van der Waals surface area contributed by atoms with E-state index in [-0.39, 0.29) is 11.5 Å². The lowest BCUT2D eigenvalue weighted by atomic mass is 9.65. The van der Waals surface area contributed by atoms with Crippen molar-refractivity contribution in [2.75, 3.05) is 0 Å². The van der Waals surface area contributed by atoms with Crippen LogP contribution in [0, 0.1) is 6.92 Å². The lowest BCUT2D eigenvalue weighted by molar-refractivity contribution is 0.481. The van der Waals surface area contributed by atoms with Crippen LogP contribution in [-0.2, 0) is 5.41 Å². The van der Waals surface area contributed by atoms with Gasteiger partial charge >= 0.3 is 0 Å². The summed E-state index contributed by atoms with van der Waals surface area (Å²) in [6.45, 7) is 2.05. The van der Waals surface area contributed by atoms with E-state index < -0.39 is 5.41 Å². The minimum absolute atomic E-state index is 0.273. The molecule has 1 aliphatic carbocycles. The van der Waals surface area contributed by atoms with Crippen molar-refractivity contribution >= 4 is 21.5 Å². The minimum atomic E-state index is -0.637. The molecular weight excluding hydrogens is 440 g/mol. The molecular formula is C34H24O2. The highest BCUT2D eigenvalue weighted by Crippen LogP contribution is 2.59. The average Bonchev–Trinajstić information content (AvgIpc) is 3.21. The van der Waals surface area contributed by atoms with Gasteiger partial charge in [0.2, 0.25) is 0 Å². The summed E-state index contributed by atoms with van der Waals surface area (Å²) in [6.07, 6.45) is 0. The smallest absolute Gasteiger partial charge is 0.123 e. The Morgan fingerprint density at radius 3 is 1.58 bits per heavy atom. The number of hydrogen-bond donors (Lipinski definition) is 2. The molecule has 0 saturated carbocycles. The third-order valence-electron chi connectivity index (χ3n) is 7.81. The Morgan fingerprint density at radius 1 is 0.444 bits per heavy atom. The molecule has 0 aromatic heterocycles. The molecule has 0 amide bonds. The van der Waals surface area contributed by atoms with Crippen molar-refractivity contribution in [1.82, 2.24) is 0 Å². The average molecular weight is 465 g/mol. The van der Waals surface area contributed by atoms with E-state index in [1.54, 1.807) is 0 Å². The van der Waals surface area contributed by atoms with Crippen molar-refractivity contribution in [3.05, 3.63) is 143 Å². The maximum atomic E-state index is 10.9. The summed E-state index contributed by atoms with van der Waals surface area (Å²) in [5.74, 6) is 0.554. The second-order valence-electron chi connectivity index (χ2n) is 9.70.